The van der Waals surface area contributed by atoms with E-state index in [1.165, 1.54) is 25.7 Å². The van der Waals surface area contributed by atoms with Gasteiger partial charge in [-0.1, -0.05) is 0 Å². The number of hydrogen-bond donors (Lipinski definition) is 2. The van der Waals surface area contributed by atoms with E-state index in [1.54, 1.807) is 0 Å². The fraction of sp³-hybridized carbons (Fsp3) is 0.688. The van der Waals surface area contributed by atoms with Gasteiger partial charge in [-0.25, -0.2) is 0 Å². The van der Waals surface area contributed by atoms with Crippen LogP contribution < -0.4 is 10.6 Å². The highest BCUT2D eigenvalue weighted by molar-refractivity contribution is 5.79. The van der Waals surface area contributed by atoms with Crippen LogP contribution in [0.4, 0.5) is 0 Å². The van der Waals surface area contributed by atoms with Crippen molar-refractivity contribution >= 4 is 5.96 Å². The fourth-order valence-electron chi connectivity index (χ4n) is 3.02. The standard InChI is InChI=1S/C16H26N4/c1-17-16(18-8-11-20-9-2-3-10-20)19-12-15(13-4-5-13)14-6-7-14/h2-3,9-10,13-15H,4-8,11-12H2,1H3,(H2,17,18,19). The summed E-state index contributed by atoms with van der Waals surface area (Å²) in [6, 6.07) is 4.12. The van der Waals surface area contributed by atoms with Gasteiger partial charge < -0.3 is 15.2 Å². The Morgan fingerprint density at radius 3 is 2.35 bits per heavy atom. The summed E-state index contributed by atoms with van der Waals surface area (Å²) in [4.78, 5) is 4.32. The van der Waals surface area contributed by atoms with Gasteiger partial charge in [-0.3, -0.25) is 4.99 Å². The highest BCUT2D eigenvalue weighted by atomic mass is 15.2. The molecule has 0 atom stereocenters. The molecule has 2 aliphatic carbocycles. The van der Waals surface area contributed by atoms with Crippen LogP contribution in [0.2, 0.25) is 0 Å². The first-order chi connectivity index (χ1) is 9.86. The number of rotatable bonds is 7. The number of aliphatic imine (C=N–C) groups is 1. The minimum atomic E-state index is 0.887. The molecule has 2 fully saturated rings. The monoisotopic (exact) mass is 274 g/mol. The molecule has 1 aromatic heterocycles. The van der Waals surface area contributed by atoms with Crippen molar-refractivity contribution in [1.82, 2.24) is 15.2 Å². The maximum Gasteiger partial charge on any atom is 0.191 e. The molecule has 0 radical (unpaired) electrons. The van der Waals surface area contributed by atoms with Gasteiger partial charge >= 0.3 is 0 Å². The van der Waals surface area contributed by atoms with Gasteiger partial charge in [-0.05, 0) is 55.6 Å². The Balaban J connectivity index is 1.38. The van der Waals surface area contributed by atoms with E-state index in [2.05, 4.69) is 44.7 Å². The molecule has 20 heavy (non-hydrogen) atoms. The van der Waals surface area contributed by atoms with E-state index in [4.69, 9.17) is 0 Å². The third-order valence-electron chi connectivity index (χ3n) is 4.51. The quantitative estimate of drug-likeness (QED) is 0.590. The van der Waals surface area contributed by atoms with Crippen LogP contribution in [0, 0.1) is 17.8 Å². The highest BCUT2D eigenvalue weighted by Crippen LogP contribution is 2.48. The third-order valence-corrected chi connectivity index (χ3v) is 4.51. The molecule has 0 bridgehead atoms. The number of hydrogen-bond acceptors (Lipinski definition) is 1. The van der Waals surface area contributed by atoms with Crippen molar-refractivity contribution in [2.45, 2.75) is 32.2 Å². The van der Waals surface area contributed by atoms with Crippen LogP contribution in [0.5, 0.6) is 0 Å². The molecule has 3 rings (SSSR count). The van der Waals surface area contributed by atoms with Crippen molar-refractivity contribution in [2.24, 2.45) is 22.7 Å². The lowest BCUT2D eigenvalue weighted by molar-refractivity contribution is 0.400. The van der Waals surface area contributed by atoms with Crippen molar-refractivity contribution in [3.63, 3.8) is 0 Å². The maximum absolute atomic E-state index is 4.32. The molecule has 0 aromatic carbocycles. The lowest BCUT2D eigenvalue weighted by Gasteiger charge is -2.18. The lowest BCUT2D eigenvalue weighted by atomic mass is 9.98. The molecular formula is C16H26N4. The molecule has 2 N–H and O–H groups in total. The van der Waals surface area contributed by atoms with Gasteiger partial charge in [0.2, 0.25) is 0 Å². The zero-order valence-corrected chi connectivity index (χ0v) is 12.4. The zero-order chi connectivity index (χ0) is 13.8. The molecule has 0 saturated heterocycles. The first-order valence-corrected chi connectivity index (χ1v) is 7.92. The average Bonchev–Trinajstić information content (AvgIpc) is 3.39. The van der Waals surface area contributed by atoms with Gasteiger partial charge in [0.25, 0.3) is 0 Å². The molecule has 1 aromatic rings. The van der Waals surface area contributed by atoms with E-state index in [-0.39, 0.29) is 0 Å². The Morgan fingerprint density at radius 2 is 1.80 bits per heavy atom. The van der Waals surface area contributed by atoms with E-state index in [0.717, 1.165) is 43.3 Å². The van der Waals surface area contributed by atoms with Gasteiger partial charge in [0.05, 0.1) is 0 Å². The van der Waals surface area contributed by atoms with Crippen molar-refractivity contribution in [1.29, 1.82) is 0 Å². The van der Waals surface area contributed by atoms with Crippen LogP contribution in [-0.4, -0.2) is 30.7 Å². The summed E-state index contributed by atoms with van der Waals surface area (Å²) in [5.41, 5.74) is 0. The lowest BCUT2D eigenvalue weighted by Crippen LogP contribution is -2.41. The number of guanidine groups is 1. The van der Waals surface area contributed by atoms with Crippen LogP contribution >= 0.6 is 0 Å². The molecule has 110 valence electrons. The predicted molar refractivity (Wildman–Crippen MR) is 82.7 cm³/mol. The average molecular weight is 274 g/mol. The normalized spacial score (nSPS) is 19.4. The molecule has 0 aliphatic heterocycles. The smallest absolute Gasteiger partial charge is 0.191 e. The van der Waals surface area contributed by atoms with E-state index < -0.39 is 0 Å². The number of aromatic nitrogens is 1. The Labute approximate surface area is 121 Å². The van der Waals surface area contributed by atoms with Crippen molar-refractivity contribution in [3.8, 4) is 0 Å². The minimum Gasteiger partial charge on any atom is -0.356 e. The van der Waals surface area contributed by atoms with Crippen molar-refractivity contribution in [2.75, 3.05) is 20.1 Å². The van der Waals surface area contributed by atoms with Gasteiger partial charge in [0.1, 0.15) is 0 Å². The topological polar surface area (TPSA) is 41.4 Å². The van der Waals surface area contributed by atoms with Crippen LogP contribution in [-0.2, 0) is 6.54 Å². The second-order valence-electron chi connectivity index (χ2n) is 6.14. The summed E-state index contributed by atoms with van der Waals surface area (Å²) in [6.45, 7) is 2.98. The molecule has 0 spiro atoms. The summed E-state index contributed by atoms with van der Waals surface area (Å²) in [6.07, 6.45) is 9.97. The highest BCUT2D eigenvalue weighted by Gasteiger charge is 2.41. The molecule has 0 unspecified atom stereocenters. The van der Waals surface area contributed by atoms with Gasteiger partial charge in [0.15, 0.2) is 5.96 Å². The molecule has 0 amide bonds. The molecule has 1 heterocycles. The first-order valence-electron chi connectivity index (χ1n) is 7.92. The van der Waals surface area contributed by atoms with Crippen LogP contribution in [0.1, 0.15) is 25.7 Å². The van der Waals surface area contributed by atoms with Crippen molar-refractivity contribution < 1.29 is 0 Å². The van der Waals surface area contributed by atoms with Gasteiger partial charge in [-0.2, -0.15) is 0 Å². The molecule has 2 saturated carbocycles. The van der Waals surface area contributed by atoms with Crippen molar-refractivity contribution in [3.05, 3.63) is 24.5 Å². The molecule has 4 nitrogen and oxygen atoms in total. The predicted octanol–water partition coefficient (Wildman–Crippen LogP) is 2.09. The molecule has 2 aliphatic rings. The largest absolute Gasteiger partial charge is 0.356 e. The second-order valence-corrected chi connectivity index (χ2v) is 6.14. The number of nitrogens with zero attached hydrogens (tertiary/aromatic N) is 2. The van der Waals surface area contributed by atoms with Crippen LogP contribution in [0.15, 0.2) is 29.5 Å². The van der Waals surface area contributed by atoms with Crippen LogP contribution in [0.25, 0.3) is 0 Å². The van der Waals surface area contributed by atoms with E-state index in [1.807, 2.05) is 7.05 Å². The first kappa shape index (κ1) is 13.5. The van der Waals surface area contributed by atoms with E-state index >= 15 is 0 Å². The summed E-state index contributed by atoms with van der Waals surface area (Å²) in [7, 11) is 1.86. The SMILES string of the molecule is CN=C(NCCn1cccc1)NCC(C1CC1)C1CC1. The summed E-state index contributed by atoms with van der Waals surface area (Å²) >= 11 is 0. The fourth-order valence-corrected chi connectivity index (χ4v) is 3.02. The Kier molecular flexibility index (Phi) is 4.28. The van der Waals surface area contributed by atoms with Crippen LogP contribution in [0.3, 0.4) is 0 Å². The Bertz CT molecular complexity index is 417. The summed E-state index contributed by atoms with van der Waals surface area (Å²) < 4.78 is 2.18. The number of nitrogens with one attached hydrogen (secondary N) is 2. The maximum atomic E-state index is 4.32. The second kappa shape index (κ2) is 6.33. The zero-order valence-electron chi connectivity index (χ0n) is 12.4. The minimum absolute atomic E-state index is 0.887. The van der Waals surface area contributed by atoms with Gasteiger partial charge in [0, 0.05) is 39.1 Å². The summed E-state index contributed by atoms with van der Waals surface area (Å²) in [5, 5.41) is 6.92. The molecule has 4 heteroatoms. The molecular weight excluding hydrogens is 248 g/mol. The Hall–Kier alpha value is -1.45. The third kappa shape index (κ3) is 3.78. The van der Waals surface area contributed by atoms with E-state index in [9.17, 15) is 0 Å². The van der Waals surface area contributed by atoms with Gasteiger partial charge in [-0.15, -0.1) is 0 Å². The van der Waals surface area contributed by atoms with E-state index in [0.29, 0.717) is 0 Å². The summed E-state index contributed by atoms with van der Waals surface area (Å²) in [5.74, 6) is 3.82. The Morgan fingerprint density at radius 1 is 1.15 bits per heavy atom.